The number of nitro groups is 1. The maximum Gasteiger partial charge on any atom is 0.269 e. The Hall–Kier alpha value is -2.47. The predicted molar refractivity (Wildman–Crippen MR) is 77.7 cm³/mol. The average Bonchev–Trinajstić information content (AvgIpc) is 2.47. The molecule has 0 radical (unpaired) electrons. The number of aliphatic hydroxyl groups is 1. The van der Waals surface area contributed by atoms with E-state index in [2.05, 4.69) is 5.32 Å². The summed E-state index contributed by atoms with van der Waals surface area (Å²) in [7, 11) is 0. The Bertz CT molecular complexity index is 661. The van der Waals surface area contributed by atoms with Gasteiger partial charge in [-0.1, -0.05) is 18.2 Å². The van der Waals surface area contributed by atoms with Crippen molar-refractivity contribution in [3.8, 4) is 0 Å². The second-order valence-corrected chi connectivity index (χ2v) is 4.48. The van der Waals surface area contributed by atoms with Crippen LogP contribution in [-0.2, 0) is 0 Å². The molecule has 2 aromatic rings. The van der Waals surface area contributed by atoms with E-state index in [-0.39, 0.29) is 16.8 Å². The molecule has 21 heavy (non-hydrogen) atoms. The number of hydrogen-bond acceptors (Lipinski definition) is 4. The Morgan fingerprint density at radius 1 is 1.29 bits per heavy atom. The normalized spacial score (nSPS) is 12.0. The minimum Gasteiger partial charge on any atom is -0.385 e. The van der Waals surface area contributed by atoms with Gasteiger partial charge in [0.1, 0.15) is 11.9 Å². The molecule has 2 aromatic carbocycles. The van der Waals surface area contributed by atoms with Crippen LogP contribution in [0, 0.1) is 15.9 Å². The number of nitrogens with zero attached hydrogens (tertiary/aromatic N) is 1. The number of aliphatic hydroxyl groups excluding tert-OH is 1. The molecule has 0 bridgehead atoms. The van der Waals surface area contributed by atoms with Gasteiger partial charge >= 0.3 is 0 Å². The summed E-state index contributed by atoms with van der Waals surface area (Å²) in [6, 6.07) is 9.93. The zero-order valence-electron chi connectivity index (χ0n) is 11.4. The lowest BCUT2D eigenvalue weighted by atomic mass is 9.98. The van der Waals surface area contributed by atoms with Gasteiger partial charge < -0.3 is 10.4 Å². The first-order valence-corrected chi connectivity index (χ1v) is 6.49. The third-order valence-electron chi connectivity index (χ3n) is 3.11. The average molecular weight is 290 g/mol. The molecule has 0 aliphatic heterocycles. The van der Waals surface area contributed by atoms with Crippen molar-refractivity contribution in [3.63, 3.8) is 0 Å². The van der Waals surface area contributed by atoms with Crippen LogP contribution in [0.2, 0.25) is 0 Å². The molecule has 0 saturated heterocycles. The number of rotatable bonds is 5. The maximum atomic E-state index is 13.8. The van der Waals surface area contributed by atoms with E-state index < -0.39 is 16.8 Å². The van der Waals surface area contributed by atoms with Gasteiger partial charge in [-0.3, -0.25) is 10.1 Å². The molecule has 1 atom stereocenters. The number of anilines is 1. The fourth-order valence-corrected chi connectivity index (χ4v) is 2.11. The molecule has 0 saturated carbocycles. The lowest BCUT2D eigenvalue weighted by Crippen LogP contribution is -2.08. The SMILES string of the molecule is CCNc1ccc([N+](=O)[O-])cc1C(O)c1ccccc1F. The van der Waals surface area contributed by atoms with Crippen LogP contribution >= 0.6 is 0 Å². The Morgan fingerprint density at radius 2 is 2.00 bits per heavy atom. The van der Waals surface area contributed by atoms with Gasteiger partial charge in [0.15, 0.2) is 0 Å². The summed E-state index contributed by atoms with van der Waals surface area (Å²) in [6.45, 7) is 2.44. The first kappa shape index (κ1) is 14.9. The Labute approximate surface area is 121 Å². The molecular formula is C15H15FN2O3. The number of halogens is 1. The molecule has 0 amide bonds. The third-order valence-corrected chi connectivity index (χ3v) is 3.11. The van der Waals surface area contributed by atoms with Crippen LogP contribution in [0.3, 0.4) is 0 Å². The van der Waals surface area contributed by atoms with Crippen molar-refractivity contribution < 1.29 is 14.4 Å². The summed E-state index contributed by atoms with van der Waals surface area (Å²) in [6.07, 6.45) is -1.28. The highest BCUT2D eigenvalue weighted by Crippen LogP contribution is 2.32. The number of hydrogen-bond donors (Lipinski definition) is 2. The predicted octanol–water partition coefficient (Wildman–Crippen LogP) is 3.25. The molecule has 5 nitrogen and oxygen atoms in total. The van der Waals surface area contributed by atoms with Crippen molar-refractivity contribution in [1.29, 1.82) is 0 Å². The van der Waals surface area contributed by atoms with Crippen LogP contribution < -0.4 is 5.32 Å². The Kier molecular flexibility index (Phi) is 4.49. The fraction of sp³-hybridized carbons (Fsp3) is 0.200. The van der Waals surface area contributed by atoms with E-state index in [1.54, 1.807) is 6.07 Å². The highest BCUT2D eigenvalue weighted by Gasteiger charge is 2.20. The van der Waals surface area contributed by atoms with Crippen LogP contribution in [0.4, 0.5) is 15.8 Å². The monoisotopic (exact) mass is 290 g/mol. The van der Waals surface area contributed by atoms with Gasteiger partial charge in [-0.25, -0.2) is 4.39 Å². The minimum absolute atomic E-state index is 0.0807. The number of nitrogens with one attached hydrogen (secondary N) is 1. The second kappa shape index (κ2) is 6.32. The Morgan fingerprint density at radius 3 is 2.62 bits per heavy atom. The van der Waals surface area contributed by atoms with Gasteiger partial charge in [0, 0.05) is 35.5 Å². The summed E-state index contributed by atoms with van der Waals surface area (Å²) in [5.41, 5.74) is 0.745. The van der Waals surface area contributed by atoms with Crippen LogP contribution in [0.5, 0.6) is 0 Å². The van der Waals surface area contributed by atoms with E-state index in [0.717, 1.165) is 0 Å². The van der Waals surface area contributed by atoms with Gasteiger partial charge in [0.05, 0.1) is 4.92 Å². The molecule has 0 fully saturated rings. The standard InChI is InChI=1S/C15H15FN2O3/c1-2-17-14-8-7-10(18(20)21)9-12(14)15(19)11-5-3-4-6-13(11)16/h3-9,15,17,19H,2H2,1H3. The van der Waals surface area contributed by atoms with Gasteiger partial charge in [-0.15, -0.1) is 0 Å². The minimum atomic E-state index is -1.28. The summed E-state index contributed by atoms with van der Waals surface area (Å²) in [5.74, 6) is -0.557. The summed E-state index contributed by atoms with van der Waals surface area (Å²) in [4.78, 5) is 10.3. The quantitative estimate of drug-likeness (QED) is 0.654. The van der Waals surface area contributed by atoms with Gasteiger partial charge in [-0.05, 0) is 19.1 Å². The van der Waals surface area contributed by atoms with Gasteiger partial charge in [0.2, 0.25) is 0 Å². The molecule has 0 heterocycles. The topological polar surface area (TPSA) is 75.4 Å². The van der Waals surface area contributed by atoms with Crippen molar-refractivity contribution in [1.82, 2.24) is 0 Å². The van der Waals surface area contributed by atoms with Gasteiger partial charge in [0.25, 0.3) is 5.69 Å². The van der Waals surface area contributed by atoms with Crippen LogP contribution in [0.15, 0.2) is 42.5 Å². The molecule has 2 rings (SSSR count). The van der Waals surface area contributed by atoms with E-state index in [1.165, 1.54) is 36.4 Å². The van der Waals surface area contributed by atoms with Crippen LogP contribution in [0.25, 0.3) is 0 Å². The molecule has 110 valence electrons. The van der Waals surface area contributed by atoms with E-state index in [0.29, 0.717) is 12.2 Å². The number of benzene rings is 2. The van der Waals surface area contributed by atoms with Crippen molar-refractivity contribution in [2.24, 2.45) is 0 Å². The van der Waals surface area contributed by atoms with E-state index in [4.69, 9.17) is 0 Å². The van der Waals surface area contributed by atoms with Crippen molar-refractivity contribution in [2.75, 3.05) is 11.9 Å². The zero-order valence-corrected chi connectivity index (χ0v) is 11.4. The zero-order chi connectivity index (χ0) is 15.4. The van der Waals surface area contributed by atoms with E-state index in [9.17, 15) is 19.6 Å². The smallest absolute Gasteiger partial charge is 0.269 e. The van der Waals surface area contributed by atoms with Crippen LogP contribution in [0.1, 0.15) is 24.2 Å². The molecule has 6 heteroatoms. The molecule has 2 N–H and O–H groups in total. The van der Waals surface area contributed by atoms with Crippen molar-refractivity contribution in [2.45, 2.75) is 13.0 Å². The van der Waals surface area contributed by atoms with Crippen molar-refractivity contribution in [3.05, 3.63) is 69.5 Å². The molecule has 0 aliphatic rings. The lowest BCUT2D eigenvalue weighted by Gasteiger charge is -2.17. The third kappa shape index (κ3) is 3.17. The summed E-state index contributed by atoms with van der Waals surface area (Å²) in [5, 5.41) is 24.3. The number of non-ortho nitro benzene ring substituents is 1. The first-order chi connectivity index (χ1) is 10.0. The van der Waals surface area contributed by atoms with Gasteiger partial charge in [-0.2, -0.15) is 0 Å². The summed E-state index contributed by atoms with van der Waals surface area (Å²) < 4.78 is 13.8. The first-order valence-electron chi connectivity index (χ1n) is 6.49. The summed E-state index contributed by atoms with van der Waals surface area (Å²) >= 11 is 0. The highest BCUT2D eigenvalue weighted by molar-refractivity contribution is 5.58. The molecule has 0 aliphatic carbocycles. The Balaban J connectivity index is 2.51. The number of nitro benzene ring substituents is 1. The lowest BCUT2D eigenvalue weighted by molar-refractivity contribution is -0.384. The maximum absolute atomic E-state index is 13.8. The van der Waals surface area contributed by atoms with Crippen molar-refractivity contribution >= 4 is 11.4 Å². The fourth-order valence-electron chi connectivity index (χ4n) is 2.11. The van der Waals surface area contributed by atoms with E-state index >= 15 is 0 Å². The van der Waals surface area contributed by atoms with E-state index in [1.807, 2.05) is 6.92 Å². The molecule has 0 spiro atoms. The molecular weight excluding hydrogens is 275 g/mol. The molecule has 1 unspecified atom stereocenters. The van der Waals surface area contributed by atoms with Crippen LogP contribution in [-0.4, -0.2) is 16.6 Å². The highest BCUT2D eigenvalue weighted by atomic mass is 19.1. The second-order valence-electron chi connectivity index (χ2n) is 4.48. The largest absolute Gasteiger partial charge is 0.385 e. The molecule has 0 aromatic heterocycles.